The lowest BCUT2D eigenvalue weighted by Crippen LogP contribution is -1.93. The molecule has 0 atom stereocenters. The van der Waals surface area contributed by atoms with Crippen molar-refractivity contribution in [1.82, 2.24) is 9.38 Å². The zero-order valence-electron chi connectivity index (χ0n) is 11.9. The zero-order valence-corrected chi connectivity index (χ0v) is 12.7. The summed E-state index contributed by atoms with van der Waals surface area (Å²) < 4.78 is 1.77. The first-order chi connectivity index (χ1) is 10.0. The molecule has 0 aliphatic carbocycles. The molecule has 0 spiro atoms. The summed E-state index contributed by atoms with van der Waals surface area (Å²) >= 11 is 1.18. The van der Waals surface area contributed by atoms with E-state index in [1.165, 1.54) is 16.9 Å². The van der Waals surface area contributed by atoms with Gasteiger partial charge in [0.05, 0.1) is 5.69 Å². The van der Waals surface area contributed by atoms with Gasteiger partial charge in [0.2, 0.25) is 0 Å². The highest BCUT2D eigenvalue weighted by molar-refractivity contribution is 7.18. The minimum Gasteiger partial charge on any atom is -0.477 e. The molecule has 0 amide bonds. The summed E-state index contributed by atoms with van der Waals surface area (Å²) in [5.41, 5.74) is 3.24. The van der Waals surface area contributed by atoms with Gasteiger partial charge < -0.3 is 5.11 Å². The van der Waals surface area contributed by atoms with Gasteiger partial charge >= 0.3 is 5.97 Å². The van der Waals surface area contributed by atoms with Gasteiger partial charge in [0.1, 0.15) is 4.88 Å². The van der Waals surface area contributed by atoms with Crippen LogP contribution in [0.2, 0.25) is 0 Å². The molecule has 1 N–H and O–H groups in total. The number of carboxylic acids is 1. The Bertz CT molecular complexity index is 753. The van der Waals surface area contributed by atoms with Crippen molar-refractivity contribution in [3.8, 4) is 11.3 Å². The number of hydrogen-bond donors (Lipinski definition) is 1. The lowest BCUT2D eigenvalue weighted by atomic mass is 10.0. The Labute approximate surface area is 126 Å². The molecule has 21 heavy (non-hydrogen) atoms. The molecule has 0 fully saturated rings. The molecule has 0 bridgehead atoms. The van der Waals surface area contributed by atoms with E-state index < -0.39 is 5.97 Å². The first kappa shape index (κ1) is 13.8. The third kappa shape index (κ3) is 2.83. The number of carboxylic acid groups (broad SMARTS) is 1. The molecule has 2 heterocycles. The maximum absolute atomic E-state index is 10.9. The van der Waals surface area contributed by atoms with Crippen molar-refractivity contribution < 1.29 is 9.90 Å². The number of imidazole rings is 1. The van der Waals surface area contributed by atoms with E-state index in [0.717, 1.165) is 17.7 Å². The number of fused-ring (bicyclic) bond motifs is 1. The van der Waals surface area contributed by atoms with Crippen LogP contribution in [0.1, 0.15) is 29.1 Å². The fraction of sp³-hybridized carbons (Fsp3) is 0.250. The first-order valence-electron chi connectivity index (χ1n) is 6.84. The van der Waals surface area contributed by atoms with Gasteiger partial charge in [0.25, 0.3) is 0 Å². The molecule has 3 aromatic rings. The third-order valence-corrected chi connectivity index (χ3v) is 4.24. The number of hydrogen-bond acceptors (Lipinski definition) is 3. The molecule has 108 valence electrons. The van der Waals surface area contributed by atoms with Crippen LogP contribution in [-0.4, -0.2) is 20.5 Å². The average Bonchev–Trinajstić information content (AvgIpc) is 2.97. The average molecular weight is 300 g/mol. The summed E-state index contributed by atoms with van der Waals surface area (Å²) in [5.74, 6) is -0.270. The molecule has 2 aromatic heterocycles. The molecule has 0 aliphatic heterocycles. The summed E-state index contributed by atoms with van der Waals surface area (Å²) in [6.45, 7) is 4.41. The Morgan fingerprint density at radius 1 is 1.29 bits per heavy atom. The maximum atomic E-state index is 10.9. The van der Waals surface area contributed by atoms with E-state index in [2.05, 4.69) is 43.1 Å². The Balaban J connectivity index is 1.89. The number of aromatic nitrogens is 2. The van der Waals surface area contributed by atoms with Gasteiger partial charge in [-0.25, -0.2) is 9.78 Å². The molecule has 4 nitrogen and oxygen atoms in total. The van der Waals surface area contributed by atoms with Crippen LogP contribution in [0.15, 0.2) is 36.7 Å². The molecule has 0 saturated heterocycles. The van der Waals surface area contributed by atoms with Crippen LogP contribution in [0.5, 0.6) is 0 Å². The van der Waals surface area contributed by atoms with Crippen LogP contribution in [0, 0.1) is 5.92 Å². The van der Waals surface area contributed by atoms with Crippen molar-refractivity contribution in [3.63, 3.8) is 0 Å². The highest BCUT2D eigenvalue weighted by Crippen LogP contribution is 2.24. The number of benzene rings is 1. The standard InChI is InChI=1S/C16H16N2O2S/c1-10(2)7-11-3-5-12(6-4-11)13-8-18-9-14(15(19)20)21-16(18)17-13/h3-6,8-10H,7H2,1-2H3,(H,19,20). The maximum Gasteiger partial charge on any atom is 0.347 e. The normalized spacial score (nSPS) is 11.4. The molecule has 0 radical (unpaired) electrons. The van der Waals surface area contributed by atoms with Crippen LogP contribution in [0.3, 0.4) is 0 Å². The molecular weight excluding hydrogens is 284 g/mol. The second kappa shape index (κ2) is 5.33. The van der Waals surface area contributed by atoms with Gasteiger partial charge in [0.15, 0.2) is 4.96 Å². The Hall–Kier alpha value is -2.14. The van der Waals surface area contributed by atoms with E-state index in [1.807, 2.05) is 6.20 Å². The highest BCUT2D eigenvalue weighted by Gasteiger charge is 2.12. The number of carbonyl (C=O) groups is 1. The van der Waals surface area contributed by atoms with Crippen LogP contribution in [-0.2, 0) is 6.42 Å². The van der Waals surface area contributed by atoms with Gasteiger partial charge in [-0.15, -0.1) is 0 Å². The SMILES string of the molecule is CC(C)Cc1ccc(-c2cn3cc(C(=O)O)sc3n2)cc1. The quantitative estimate of drug-likeness (QED) is 0.793. The predicted octanol–water partition coefficient (Wildman–Crippen LogP) is 3.96. The van der Waals surface area contributed by atoms with Gasteiger partial charge in [-0.2, -0.15) is 0 Å². The minimum atomic E-state index is -0.912. The largest absolute Gasteiger partial charge is 0.477 e. The summed E-state index contributed by atoms with van der Waals surface area (Å²) in [6.07, 6.45) is 4.54. The molecule has 1 aromatic carbocycles. The number of nitrogens with zero attached hydrogens (tertiary/aromatic N) is 2. The molecule has 0 aliphatic rings. The van der Waals surface area contributed by atoms with Crippen LogP contribution in [0.4, 0.5) is 0 Å². The molecule has 5 heteroatoms. The third-order valence-electron chi connectivity index (χ3n) is 3.26. The van der Waals surface area contributed by atoms with E-state index in [-0.39, 0.29) is 0 Å². The second-order valence-electron chi connectivity index (χ2n) is 5.51. The lowest BCUT2D eigenvalue weighted by Gasteiger charge is -2.05. The van der Waals surface area contributed by atoms with Crippen LogP contribution in [0.25, 0.3) is 16.2 Å². The highest BCUT2D eigenvalue weighted by atomic mass is 32.1. The van der Waals surface area contributed by atoms with Crippen LogP contribution < -0.4 is 0 Å². The van der Waals surface area contributed by atoms with Crippen molar-refractivity contribution in [3.05, 3.63) is 47.1 Å². The number of thiazole rings is 1. The van der Waals surface area contributed by atoms with Gasteiger partial charge in [-0.1, -0.05) is 49.4 Å². The smallest absolute Gasteiger partial charge is 0.347 e. The molecule has 0 saturated carbocycles. The molecule has 3 rings (SSSR count). The topological polar surface area (TPSA) is 54.6 Å². The number of rotatable bonds is 4. The fourth-order valence-corrected chi connectivity index (χ4v) is 3.12. The predicted molar refractivity (Wildman–Crippen MR) is 84.0 cm³/mol. The van der Waals surface area contributed by atoms with E-state index in [9.17, 15) is 4.79 Å². The Kier molecular flexibility index (Phi) is 3.51. The lowest BCUT2D eigenvalue weighted by molar-refractivity contribution is 0.0702. The summed E-state index contributed by atoms with van der Waals surface area (Å²) in [6, 6.07) is 8.40. The van der Waals surface area contributed by atoms with Crippen molar-refractivity contribution in [2.75, 3.05) is 0 Å². The van der Waals surface area contributed by atoms with E-state index in [0.29, 0.717) is 15.8 Å². The fourth-order valence-electron chi connectivity index (χ4n) is 2.32. The minimum absolute atomic E-state index is 0.302. The van der Waals surface area contributed by atoms with Gasteiger partial charge in [-0.05, 0) is 17.9 Å². The summed E-state index contributed by atoms with van der Waals surface area (Å²) in [7, 11) is 0. The zero-order chi connectivity index (χ0) is 15.0. The van der Waals surface area contributed by atoms with Crippen molar-refractivity contribution >= 4 is 22.3 Å². The Morgan fingerprint density at radius 2 is 2.00 bits per heavy atom. The Morgan fingerprint density at radius 3 is 2.57 bits per heavy atom. The second-order valence-corrected chi connectivity index (χ2v) is 6.52. The van der Waals surface area contributed by atoms with Crippen molar-refractivity contribution in [2.24, 2.45) is 5.92 Å². The number of aromatic carboxylic acids is 1. The molecule has 0 unspecified atom stereocenters. The van der Waals surface area contributed by atoms with E-state index in [4.69, 9.17) is 5.11 Å². The van der Waals surface area contributed by atoms with Gasteiger partial charge in [-0.3, -0.25) is 4.40 Å². The van der Waals surface area contributed by atoms with Crippen molar-refractivity contribution in [1.29, 1.82) is 0 Å². The summed E-state index contributed by atoms with van der Waals surface area (Å²) in [5, 5.41) is 8.96. The van der Waals surface area contributed by atoms with E-state index >= 15 is 0 Å². The molecular formula is C16H16N2O2S. The monoisotopic (exact) mass is 300 g/mol. The first-order valence-corrected chi connectivity index (χ1v) is 7.65. The van der Waals surface area contributed by atoms with Crippen LogP contribution >= 0.6 is 11.3 Å². The summed E-state index contributed by atoms with van der Waals surface area (Å²) in [4.78, 5) is 16.4. The van der Waals surface area contributed by atoms with Gasteiger partial charge in [0, 0.05) is 18.0 Å². The van der Waals surface area contributed by atoms with E-state index in [1.54, 1.807) is 10.6 Å². The van der Waals surface area contributed by atoms with Crippen molar-refractivity contribution in [2.45, 2.75) is 20.3 Å².